The molecule has 1 N–H and O–H groups in total. The van der Waals surface area contributed by atoms with E-state index in [0.29, 0.717) is 11.1 Å². The Balaban J connectivity index is 1.57. The number of halogens is 2. The topological polar surface area (TPSA) is 62.3 Å². The molecule has 0 atom stereocenters. The monoisotopic (exact) mass is 429 g/mol. The second-order valence-electron chi connectivity index (χ2n) is 7.08. The van der Waals surface area contributed by atoms with Gasteiger partial charge in [0.25, 0.3) is 11.8 Å². The fraction of sp³-hybridized carbons (Fsp3) is 0.318. The average molecular weight is 430 g/mol. The molecule has 1 aromatic heterocycles. The first-order chi connectivity index (χ1) is 13.9. The molecule has 0 aliphatic heterocycles. The molecule has 2 aromatic rings. The molecule has 150 valence electrons. The van der Waals surface area contributed by atoms with E-state index >= 15 is 0 Å². The van der Waals surface area contributed by atoms with E-state index in [2.05, 4.69) is 16.2 Å². The molecular weight excluding hydrogens is 409 g/mol. The van der Waals surface area contributed by atoms with Gasteiger partial charge in [-0.2, -0.15) is 0 Å². The third-order valence-corrected chi connectivity index (χ3v) is 5.72. The zero-order valence-electron chi connectivity index (χ0n) is 16.0. The van der Waals surface area contributed by atoms with Crippen LogP contribution in [-0.2, 0) is 0 Å². The summed E-state index contributed by atoms with van der Waals surface area (Å²) in [6.45, 7) is 0. The molecule has 0 radical (unpaired) electrons. The maximum Gasteiger partial charge on any atom is 0.274 e. The van der Waals surface area contributed by atoms with Crippen molar-refractivity contribution >= 4 is 35.0 Å². The van der Waals surface area contributed by atoms with Gasteiger partial charge in [-0.1, -0.05) is 35.2 Å². The molecule has 1 aliphatic carbocycles. The summed E-state index contributed by atoms with van der Waals surface area (Å²) >= 11 is 12.0. The molecule has 0 bridgehead atoms. The molecular formula is C22H21Cl2N3O2. The van der Waals surface area contributed by atoms with Gasteiger partial charge >= 0.3 is 0 Å². The molecule has 0 unspecified atom stereocenters. The smallest absolute Gasteiger partial charge is 0.274 e. The lowest BCUT2D eigenvalue weighted by molar-refractivity contribution is 0.0670. The van der Waals surface area contributed by atoms with Crippen molar-refractivity contribution in [3.05, 3.63) is 63.4 Å². The third-order valence-electron chi connectivity index (χ3n) is 5.21. The summed E-state index contributed by atoms with van der Waals surface area (Å²) in [6.07, 6.45) is 8.50. The molecule has 1 saturated carbocycles. The van der Waals surface area contributed by atoms with Crippen LogP contribution in [0.3, 0.4) is 0 Å². The highest BCUT2D eigenvalue weighted by molar-refractivity contribution is 6.34. The second kappa shape index (κ2) is 9.30. The maximum atomic E-state index is 12.8. The highest BCUT2D eigenvalue weighted by Crippen LogP contribution is 2.25. The van der Waals surface area contributed by atoms with Crippen LogP contribution in [-0.4, -0.2) is 40.8 Å². The lowest BCUT2D eigenvalue weighted by Gasteiger charge is -2.35. The predicted octanol–water partition coefficient (Wildman–Crippen LogP) is 4.18. The first kappa shape index (κ1) is 21.2. The summed E-state index contributed by atoms with van der Waals surface area (Å²) in [5.41, 5.74) is 1.39. The minimum Gasteiger partial charge on any atom is -0.349 e. The molecule has 1 aliphatic rings. The summed E-state index contributed by atoms with van der Waals surface area (Å²) in [6, 6.07) is 10.2. The van der Waals surface area contributed by atoms with Gasteiger partial charge in [-0.05, 0) is 56.0 Å². The Morgan fingerprint density at radius 3 is 2.59 bits per heavy atom. The van der Waals surface area contributed by atoms with E-state index in [1.165, 1.54) is 0 Å². The Morgan fingerprint density at radius 2 is 1.90 bits per heavy atom. The summed E-state index contributed by atoms with van der Waals surface area (Å²) in [5, 5.41) is 3.57. The van der Waals surface area contributed by atoms with Gasteiger partial charge in [-0.15, -0.1) is 6.42 Å². The van der Waals surface area contributed by atoms with Gasteiger partial charge < -0.3 is 10.2 Å². The number of benzene rings is 1. The number of carbonyl (C=O) groups is 2. The number of amides is 2. The lowest BCUT2D eigenvalue weighted by atomic mass is 9.90. The largest absolute Gasteiger partial charge is 0.349 e. The zero-order chi connectivity index (χ0) is 21.0. The van der Waals surface area contributed by atoms with Crippen LogP contribution in [0.2, 0.25) is 10.2 Å². The molecule has 3 rings (SSSR count). The van der Waals surface area contributed by atoms with E-state index in [0.717, 1.165) is 25.7 Å². The van der Waals surface area contributed by atoms with Crippen molar-refractivity contribution in [3.63, 3.8) is 0 Å². The Morgan fingerprint density at radius 1 is 1.17 bits per heavy atom. The van der Waals surface area contributed by atoms with Crippen molar-refractivity contribution in [1.82, 2.24) is 15.2 Å². The van der Waals surface area contributed by atoms with Crippen LogP contribution in [0.1, 0.15) is 52.1 Å². The van der Waals surface area contributed by atoms with Crippen LogP contribution < -0.4 is 5.32 Å². The minimum atomic E-state index is -0.254. The third kappa shape index (κ3) is 5.09. The SMILES string of the molecule is C#Cc1cccc(C(=O)NC2CCC(N(C)C(=O)c3nc(Cl)ccc3Cl)CC2)c1. The van der Waals surface area contributed by atoms with Crippen molar-refractivity contribution in [2.24, 2.45) is 0 Å². The van der Waals surface area contributed by atoms with Gasteiger partial charge in [0.1, 0.15) is 10.8 Å². The van der Waals surface area contributed by atoms with Crippen LogP contribution >= 0.6 is 23.2 Å². The molecule has 0 spiro atoms. The first-order valence-corrected chi connectivity index (χ1v) is 10.1. The molecule has 0 saturated heterocycles. The quantitative estimate of drug-likeness (QED) is 0.585. The van der Waals surface area contributed by atoms with E-state index in [1.807, 2.05) is 0 Å². The van der Waals surface area contributed by atoms with Crippen LogP contribution in [0.5, 0.6) is 0 Å². The van der Waals surface area contributed by atoms with E-state index in [4.69, 9.17) is 29.6 Å². The zero-order valence-corrected chi connectivity index (χ0v) is 17.5. The Bertz CT molecular complexity index is 963. The first-order valence-electron chi connectivity index (χ1n) is 9.35. The summed E-state index contributed by atoms with van der Waals surface area (Å²) in [5.74, 6) is 2.15. The van der Waals surface area contributed by atoms with Gasteiger partial charge in [0, 0.05) is 30.3 Å². The number of terminal acetylenes is 1. The van der Waals surface area contributed by atoms with Crippen molar-refractivity contribution in [1.29, 1.82) is 0 Å². The van der Waals surface area contributed by atoms with E-state index in [1.54, 1.807) is 48.3 Å². The average Bonchev–Trinajstić information content (AvgIpc) is 2.75. The number of rotatable bonds is 4. The number of aromatic nitrogens is 1. The summed E-state index contributed by atoms with van der Waals surface area (Å²) in [7, 11) is 1.75. The molecule has 7 heteroatoms. The van der Waals surface area contributed by atoms with Gasteiger partial charge in [0.2, 0.25) is 0 Å². The number of carbonyl (C=O) groups excluding carboxylic acids is 2. The predicted molar refractivity (Wildman–Crippen MR) is 114 cm³/mol. The summed E-state index contributed by atoms with van der Waals surface area (Å²) in [4.78, 5) is 31.0. The van der Waals surface area contributed by atoms with Crippen molar-refractivity contribution in [3.8, 4) is 12.3 Å². The fourth-order valence-corrected chi connectivity index (χ4v) is 3.86. The molecule has 1 fully saturated rings. The van der Waals surface area contributed by atoms with Crippen molar-refractivity contribution < 1.29 is 9.59 Å². The molecule has 2 amide bonds. The number of nitrogens with zero attached hydrogens (tertiary/aromatic N) is 2. The van der Waals surface area contributed by atoms with Crippen molar-refractivity contribution in [2.45, 2.75) is 37.8 Å². The lowest BCUT2D eigenvalue weighted by Crippen LogP contribution is -2.44. The van der Waals surface area contributed by atoms with E-state index in [-0.39, 0.29) is 39.8 Å². The van der Waals surface area contributed by atoms with Gasteiger partial charge in [-0.3, -0.25) is 9.59 Å². The maximum absolute atomic E-state index is 12.8. The summed E-state index contributed by atoms with van der Waals surface area (Å²) < 4.78 is 0. The van der Waals surface area contributed by atoms with Crippen LogP contribution in [0.15, 0.2) is 36.4 Å². The normalized spacial score (nSPS) is 18.6. The second-order valence-corrected chi connectivity index (χ2v) is 7.88. The van der Waals surface area contributed by atoms with Gasteiger partial charge in [0.05, 0.1) is 5.02 Å². The van der Waals surface area contributed by atoms with E-state index in [9.17, 15) is 9.59 Å². The highest BCUT2D eigenvalue weighted by Gasteiger charge is 2.29. The number of hydrogen-bond donors (Lipinski definition) is 1. The highest BCUT2D eigenvalue weighted by atomic mass is 35.5. The molecule has 1 aromatic carbocycles. The minimum absolute atomic E-state index is 0.0530. The molecule has 1 heterocycles. The van der Waals surface area contributed by atoms with Gasteiger partial charge in [-0.25, -0.2) is 4.98 Å². The Hall–Kier alpha value is -2.55. The fourth-order valence-electron chi connectivity index (χ4n) is 3.53. The Kier molecular flexibility index (Phi) is 6.79. The van der Waals surface area contributed by atoms with Gasteiger partial charge in [0.15, 0.2) is 0 Å². The van der Waals surface area contributed by atoms with Crippen molar-refractivity contribution in [2.75, 3.05) is 7.05 Å². The van der Waals surface area contributed by atoms with E-state index < -0.39 is 0 Å². The molecule has 29 heavy (non-hydrogen) atoms. The number of hydrogen-bond acceptors (Lipinski definition) is 3. The number of pyridine rings is 1. The van der Waals surface area contributed by atoms with Crippen LogP contribution in [0.4, 0.5) is 0 Å². The van der Waals surface area contributed by atoms with Crippen LogP contribution in [0, 0.1) is 12.3 Å². The van der Waals surface area contributed by atoms with Crippen LogP contribution in [0.25, 0.3) is 0 Å². The molecule has 5 nitrogen and oxygen atoms in total. The number of nitrogens with one attached hydrogen (secondary N) is 1. The standard InChI is InChI=1S/C22H21Cl2N3O2/c1-3-14-5-4-6-15(13-14)21(28)25-16-7-9-17(10-8-16)27(2)22(29)20-18(23)11-12-19(24)26-20/h1,4-6,11-13,16-17H,7-10H2,2H3,(H,25,28). The Labute approximate surface area is 180 Å².